The van der Waals surface area contributed by atoms with Crippen molar-refractivity contribution in [3.05, 3.63) is 99.4 Å². The molecule has 0 aliphatic carbocycles. The number of ketones is 1. The third-order valence-corrected chi connectivity index (χ3v) is 8.14. The highest BCUT2D eigenvalue weighted by molar-refractivity contribution is 6.33. The number of carbonyl (C=O) groups excluding carboxylic acids is 2. The van der Waals surface area contributed by atoms with E-state index in [0.717, 1.165) is 11.1 Å². The third kappa shape index (κ3) is 6.27. The monoisotopic (exact) mass is 609 g/mol. The number of nitrogens with one attached hydrogen (secondary N) is 2. The number of carbonyl (C=O) groups is 2. The van der Waals surface area contributed by atoms with Crippen molar-refractivity contribution in [3.63, 3.8) is 0 Å². The third-order valence-electron chi connectivity index (χ3n) is 7.81. The van der Waals surface area contributed by atoms with Gasteiger partial charge in [-0.15, -0.1) is 6.42 Å². The molecule has 5 rings (SSSR count). The van der Waals surface area contributed by atoms with Crippen molar-refractivity contribution >= 4 is 40.3 Å². The summed E-state index contributed by atoms with van der Waals surface area (Å²) >= 11 is 6.57. The lowest BCUT2D eigenvalue weighted by molar-refractivity contribution is -0.117. The molecule has 4 aromatic rings. The highest BCUT2D eigenvalue weighted by atomic mass is 35.5. The van der Waals surface area contributed by atoms with Gasteiger partial charge in [0.2, 0.25) is 11.9 Å². The Labute approximate surface area is 260 Å². The molecule has 224 valence electrons. The minimum absolute atomic E-state index is 0.117. The molecule has 1 aliphatic rings. The molecule has 0 unspecified atom stereocenters. The standard InChI is InChI=1S/C34H32ClN5O4/c1-6-30(42)37-27-18-44-19-28(27)38-33-36-17-22-16-25(32(43)40(5)31(22)39-33)24-15-21(11-12-26(24)35)29(41)14-20-9-8-10-23(13-20)34(3,4)7-2/h2,6,8-13,15-17,27-28H,1,14,18-19H2,3-5H3,(H,37,42)(H,36,38,39)/t27-,28+/m0/s1. The number of hydrogen-bond acceptors (Lipinski definition) is 7. The van der Waals surface area contributed by atoms with Gasteiger partial charge in [-0.25, -0.2) is 4.98 Å². The van der Waals surface area contributed by atoms with E-state index in [0.29, 0.717) is 46.0 Å². The number of anilines is 1. The lowest BCUT2D eigenvalue weighted by Crippen LogP contribution is -2.45. The Kier molecular flexibility index (Phi) is 8.68. The van der Waals surface area contributed by atoms with Crippen molar-refractivity contribution in [1.82, 2.24) is 19.9 Å². The van der Waals surface area contributed by atoms with Crippen LogP contribution in [0, 0.1) is 12.3 Å². The molecule has 1 saturated heterocycles. The Morgan fingerprint density at radius 2 is 1.95 bits per heavy atom. The van der Waals surface area contributed by atoms with Crippen LogP contribution < -0.4 is 16.2 Å². The van der Waals surface area contributed by atoms with E-state index >= 15 is 0 Å². The van der Waals surface area contributed by atoms with Crippen LogP contribution in [-0.4, -0.2) is 51.5 Å². The number of fused-ring (bicyclic) bond motifs is 1. The topological polar surface area (TPSA) is 115 Å². The molecule has 44 heavy (non-hydrogen) atoms. The average Bonchev–Trinajstić information content (AvgIpc) is 3.45. The summed E-state index contributed by atoms with van der Waals surface area (Å²) in [6.07, 6.45) is 8.67. The van der Waals surface area contributed by atoms with Gasteiger partial charge in [0.15, 0.2) is 5.78 Å². The van der Waals surface area contributed by atoms with E-state index in [4.69, 9.17) is 22.8 Å². The van der Waals surface area contributed by atoms with Gasteiger partial charge in [0, 0.05) is 46.8 Å². The fraction of sp³-hybridized carbons (Fsp3) is 0.265. The number of Topliss-reactive ketones (excluding diaryl/α,β-unsaturated/α-hetero) is 1. The number of aryl methyl sites for hydroxylation is 1. The number of halogens is 1. The number of rotatable bonds is 9. The molecule has 1 aliphatic heterocycles. The van der Waals surface area contributed by atoms with Crippen LogP contribution >= 0.6 is 11.6 Å². The second kappa shape index (κ2) is 12.4. The molecule has 0 radical (unpaired) electrons. The molecule has 0 saturated carbocycles. The number of aromatic nitrogens is 3. The zero-order valence-electron chi connectivity index (χ0n) is 24.7. The zero-order valence-corrected chi connectivity index (χ0v) is 25.4. The van der Waals surface area contributed by atoms with Gasteiger partial charge in [-0.05, 0) is 55.3 Å². The van der Waals surface area contributed by atoms with Gasteiger partial charge in [-0.3, -0.25) is 19.0 Å². The van der Waals surface area contributed by atoms with Gasteiger partial charge in [0.05, 0.1) is 30.7 Å². The molecule has 10 heteroatoms. The fourth-order valence-electron chi connectivity index (χ4n) is 5.10. The number of pyridine rings is 1. The summed E-state index contributed by atoms with van der Waals surface area (Å²) in [6, 6.07) is 13.7. The molecule has 2 aromatic carbocycles. The first kappa shape index (κ1) is 30.7. The second-order valence-electron chi connectivity index (χ2n) is 11.3. The lowest BCUT2D eigenvalue weighted by Gasteiger charge is -2.20. The highest BCUT2D eigenvalue weighted by Crippen LogP contribution is 2.30. The number of terminal acetylenes is 1. The molecule has 9 nitrogen and oxygen atoms in total. The predicted molar refractivity (Wildman–Crippen MR) is 172 cm³/mol. The summed E-state index contributed by atoms with van der Waals surface area (Å²) in [4.78, 5) is 47.7. The summed E-state index contributed by atoms with van der Waals surface area (Å²) in [6.45, 7) is 8.08. The van der Waals surface area contributed by atoms with Crippen molar-refractivity contribution in [2.45, 2.75) is 37.8 Å². The van der Waals surface area contributed by atoms with Gasteiger partial charge in [0.25, 0.3) is 5.56 Å². The predicted octanol–water partition coefficient (Wildman–Crippen LogP) is 4.47. The van der Waals surface area contributed by atoms with E-state index in [9.17, 15) is 14.4 Å². The van der Waals surface area contributed by atoms with Crippen LogP contribution in [0.2, 0.25) is 5.02 Å². The van der Waals surface area contributed by atoms with Crippen molar-refractivity contribution in [2.75, 3.05) is 18.5 Å². The summed E-state index contributed by atoms with van der Waals surface area (Å²) < 4.78 is 6.93. The molecule has 0 spiro atoms. The summed E-state index contributed by atoms with van der Waals surface area (Å²) in [7, 11) is 1.62. The largest absolute Gasteiger partial charge is 0.377 e. The molecule has 2 atom stereocenters. The normalized spacial score (nSPS) is 16.3. The van der Waals surface area contributed by atoms with Crippen molar-refractivity contribution in [2.24, 2.45) is 7.05 Å². The van der Waals surface area contributed by atoms with Gasteiger partial charge in [-0.2, -0.15) is 4.98 Å². The Morgan fingerprint density at radius 3 is 2.70 bits per heavy atom. The summed E-state index contributed by atoms with van der Waals surface area (Å²) in [5, 5.41) is 6.96. The number of benzene rings is 2. The van der Waals surface area contributed by atoms with E-state index in [1.54, 1.807) is 37.5 Å². The smallest absolute Gasteiger partial charge is 0.259 e. The Morgan fingerprint density at radius 1 is 1.18 bits per heavy atom. The second-order valence-corrected chi connectivity index (χ2v) is 11.7. The lowest BCUT2D eigenvalue weighted by atomic mass is 9.84. The quantitative estimate of drug-likeness (QED) is 0.163. The average molecular weight is 610 g/mol. The van der Waals surface area contributed by atoms with Crippen molar-refractivity contribution in [1.29, 1.82) is 0 Å². The summed E-state index contributed by atoms with van der Waals surface area (Å²) in [5.41, 5.74) is 2.59. The molecular formula is C34H32ClN5O4. The van der Waals surface area contributed by atoms with Gasteiger partial charge < -0.3 is 15.4 Å². The van der Waals surface area contributed by atoms with Gasteiger partial charge in [-0.1, -0.05) is 48.4 Å². The van der Waals surface area contributed by atoms with E-state index in [2.05, 4.69) is 33.1 Å². The zero-order chi connectivity index (χ0) is 31.6. The van der Waals surface area contributed by atoms with Crippen LogP contribution in [-0.2, 0) is 28.4 Å². The van der Waals surface area contributed by atoms with E-state index in [-0.39, 0.29) is 41.7 Å². The van der Waals surface area contributed by atoms with Crippen LogP contribution in [0.5, 0.6) is 0 Å². The minimum Gasteiger partial charge on any atom is -0.377 e. The molecule has 1 fully saturated rings. The highest BCUT2D eigenvalue weighted by Gasteiger charge is 2.30. The van der Waals surface area contributed by atoms with E-state index in [1.807, 2.05) is 38.1 Å². The first-order valence-corrected chi connectivity index (χ1v) is 14.4. The Balaban J connectivity index is 1.42. The van der Waals surface area contributed by atoms with Crippen LogP contribution in [0.4, 0.5) is 5.95 Å². The van der Waals surface area contributed by atoms with Crippen LogP contribution in [0.1, 0.15) is 35.3 Å². The van der Waals surface area contributed by atoms with Crippen molar-refractivity contribution in [3.8, 4) is 23.5 Å². The molecule has 0 bridgehead atoms. The maximum absolute atomic E-state index is 13.6. The van der Waals surface area contributed by atoms with Crippen LogP contribution in [0.25, 0.3) is 22.2 Å². The number of hydrogen-bond donors (Lipinski definition) is 2. The van der Waals surface area contributed by atoms with E-state index < -0.39 is 5.41 Å². The van der Waals surface area contributed by atoms with Crippen LogP contribution in [0.3, 0.4) is 0 Å². The molecule has 2 aromatic heterocycles. The fourth-order valence-corrected chi connectivity index (χ4v) is 5.32. The number of ether oxygens (including phenoxy) is 1. The van der Waals surface area contributed by atoms with Gasteiger partial charge in [0.1, 0.15) is 5.65 Å². The summed E-state index contributed by atoms with van der Waals surface area (Å²) in [5.74, 6) is 2.66. The SMILES string of the molecule is C#CC(C)(C)c1cccc(CC(=O)c2ccc(Cl)c(-c3cc4cnc(N[C@@H]5COC[C@@H]5NC(=O)C=C)nc4n(C)c3=O)c2)c1. The maximum Gasteiger partial charge on any atom is 0.259 e. The van der Waals surface area contributed by atoms with Crippen LogP contribution in [0.15, 0.2) is 72.2 Å². The molecule has 1 amide bonds. The van der Waals surface area contributed by atoms with E-state index in [1.165, 1.54) is 10.6 Å². The minimum atomic E-state index is -0.459. The van der Waals surface area contributed by atoms with Crippen molar-refractivity contribution < 1.29 is 14.3 Å². The molecule has 2 N–H and O–H groups in total. The molecular weight excluding hydrogens is 578 g/mol. The number of amides is 1. The maximum atomic E-state index is 13.6. The Hall–Kier alpha value is -4.78. The first-order chi connectivity index (χ1) is 21.0. The number of nitrogens with zero attached hydrogens (tertiary/aromatic N) is 3. The molecule has 3 heterocycles. The first-order valence-electron chi connectivity index (χ1n) is 14.0. The Bertz CT molecular complexity index is 1890. The van der Waals surface area contributed by atoms with Gasteiger partial charge >= 0.3 is 0 Å².